The average Bonchev–Trinajstić information content (AvgIpc) is 2.15. The summed E-state index contributed by atoms with van der Waals surface area (Å²) in [5.41, 5.74) is 0.157. The fourth-order valence-electron chi connectivity index (χ4n) is 0.885. The lowest BCUT2D eigenvalue weighted by molar-refractivity contribution is 0.146. The maximum absolute atomic E-state index is 12.2. The highest BCUT2D eigenvalue weighted by molar-refractivity contribution is 6.30. The highest BCUT2D eigenvalue weighted by Crippen LogP contribution is 2.20. The Morgan fingerprint density at radius 2 is 2.00 bits per heavy atom. The van der Waals surface area contributed by atoms with Crippen molar-refractivity contribution in [3.63, 3.8) is 0 Å². The first-order valence-corrected chi connectivity index (χ1v) is 4.84. The Labute approximate surface area is 92.5 Å². The quantitative estimate of drug-likeness (QED) is 0.529. The van der Waals surface area contributed by atoms with Crippen LogP contribution >= 0.6 is 11.6 Å². The van der Waals surface area contributed by atoms with E-state index in [0.717, 1.165) is 0 Å². The molecule has 0 radical (unpaired) electrons. The van der Waals surface area contributed by atoms with Crippen molar-refractivity contribution in [2.45, 2.75) is 20.3 Å². The summed E-state index contributed by atoms with van der Waals surface area (Å²) in [5, 5.41) is 0.0287. The number of pyridine rings is 1. The third kappa shape index (κ3) is 3.49. The summed E-state index contributed by atoms with van der Waals surface area (Å²) in [5.74, 6) is 5.88. The van der Waals surface area contributed by atoms with Gasteiger partial charge in [-0.1, -0.05) is 37.3 Å². The number of hydrogen-bond acceptors (Lipinski definition) is 1. The van der Waals surface area contributed by atoms with E-state index >= 15 is 0 Å². The van der Waals surface area contributed by atoms with Gasteiger partial charge in [0.15, 0.2) is 0 Å². The van der Waals surface area contributed by atoms with E-state index in [9.17, 15) is 8.78 Å². The van der Waals surface area contributed by atoms with E-state index in [-0.39, 0.29) is 16.8 Å². The molecule has 0 saturated heterocycles. The molecular formula is C11H10ClF2N. The second-order valence-electron chi connectivity index (χ2n) is 3.30. The molecule has 0 bridgehead atoms. The molecule has 0 aromatic carbocycles. The molecule has 1 aromatic rings. The topological polar surface area (TPSA) is 12.9 Å². The van der Waals surface area contributed by atoms with Gasteiger partial charge in [0, 0.05) is 5.92 Å². The van der Waals surface area contributed by atoms with Gasteiger partial charge in [-0.25, -0.2) is 13.8 Å². The predicted octanol–water partition coefficient (Wildman–Crippen LogP) is 3.68. The Kier molecular flexibility index (Phi) is 4.05. The lowest BCUT2D eigenvalue weighted by atomic mass is 10.2. The monoisotopic (exact) mass is 229 g/mol. The molecule has 1 rings (SSSR count). The van der Waals surface area contributed by atoms with Crippen LogP contribution < -0.4 is 0 Å². The molecule has 1 heterocycles. The molecule has 0 aliphatic heterocycles. The van der Waals surface area contributed by atoms with Crippen LogP contribution in [0, 0.1) is 17.8 Å². The highest BCUT2D eigenvalue weighted by Gasteiger charge is 2.10. The van der Waals surface area contributed by atoms with E-state index in [4.69, 9.17) is 11.6 Å². The standard InChI is InChI=1S/C11H10ClF2N/c1-7(2)3-4-8-5-6-9(11(13)14)15-10(8)12/h5-7,11H,1-2H3. The molecule has 0 amide bonds. The smallest absolute Gasteiger partial charge is 0.234 e. The fourth-order valence-corrected chi connectivity index (χ4v) is 1.09. The molecular weight excluding hydrogens is 220 g/mol. The van der Waals surface area contributed by atoms with Crippen LogP contribution in [-0.2, 0) is 0 Å². The number of aromatic nitrogens is 1. The summed E-state index contributed by atoms with van der Waals surface area (Å²) in [6, 6.07) is 2.70. The second kappa shape index (κ2) is 5.09. The Bertz CT molecular complexity index is 405. The molecule has 1 aromatic heterocycles. The summed E-state index contributed by atoms with van der Waals surface area (Å²) in [6.45, 7) is 3.86. The first-order chi connectivity index (χ1) is 7.00. The van der Waals surface area contributed by atoms with Crippen molar-refractivity contribution in [2.24, 2.45) is 5.92 Å². The highest BCUT2D eigenvalue weighted by atomic mass is 35.5. The summed E-state index contributed by atoms with van der Waals surface area (Å²) < 4.78 is 24.5. The van der Waals surface area contributed by atoms with E-state index in [2.05, 4.69) is 16.8 Å². The Hall–Kier alpha value is -1.14. The van der Waals surface area contributed by atoms with Gasteiger partial charge >= 0.3 is 0 Å². The van der Waals surface area contributed by atoms with Gasteiger partial charge in [-0.05, 0) is 12.1 Å². The van der Waals surface area contributed by atoms with Gasteiger partial charge in [-0.15, -0.1) is 0 Å². The molecule has 15 heavy (non-hydrogen) atoms. The summed E-state index contributed by atoms with van der Waals surface area (Å²) in [4.78, 5) is 3.56. The summed E-state index contributed by atoms with van der Waals surface area (Å²) >= 11 is 5.71. The maximum atomic E-state index is 12.2. The number of hydrogen-bond donors (Lipinski definition) is 0. The molecule has 0 N–H and O–H groups in total. The SMILES string of the molecule is CC(C)C#Cc1ccc(C(F)F)nc1Cl. The van der Waals surface area contributed by atoms with Crippen molar-refractivity contribution in [1.82, 2.24) is 4.98 Å². The van der Waals surface area contributed by atoms with Crippen LogP contribution in [0.15, 0.2) is 12.1 Å². The van der Waals surface area contributed by atoms with E-state index in [0.29, 0.717) is 5.56 Å². The van der Waals surface area contributed by atoms with Crippen molar-refractivity contribution in [2.75, 3.05) is 0 Å². The van der Waals surface area contributed by atoms with Crippen LogP contribution in [0.2, 0.25) is 5.15 Å². The first kappa shape index (κ1) is 11.9. The van der Waals surface area contributed by atoms with Crippen LogP contribution in [0.3, 0.4) is 0 Å². The third-order valence-corrected chi connectivity index (χ3v) is 1.88. The third-order valence-electron chi connectivity index (χ3n) is 1.59. The lowest BCUT2D eigenvalue weighted by Gasteiger charge is -2.00. The predicted molar refractivity (Wildman–Crippen MR) is 55.9 cm³/mol. The minimum Gasteiger partial charge on any atom is -0.234 e. The van der Waals surface area contributed by atoms with Crippen LogP contribution in [0.25, 0.3) is 0 Å². The Morgan fingerprint density at radius 3 is 2.47 bits per heavy atom. The zero-order valence-electron chi connectivity index (χ0n) is 8.39. The fraction of sp³-hybridized carbons (Fsp3) is 0.364. The van der Waals surface area contributed by atoms with Crippen molar-refractivity contribution in [3.05, 3.63) is 28.5 Å². The number of alkyl halides is 2. The van der Waals surface area contributed by atoms with E-state index in [1.54, 1.807) is 0 Å². The molecule has 4 heteroatoms. The molecule has 0 saturated carbocycles. The number of rotatable bonds is 1. The summed E-state index contributed by atoms with van der Waals surface area (Å²) in [7, 11) is 0. The minimum atomic E-state index is -2.60. The molecule has 0 unspecified atom stereocenters. The van der Waals surface area contributed by atoms with Gasteiger partial charge in [0.1, 0.15) is 10.8 Å². The van der Waals surface area contributed by atoms with Gasteiger partial charge in [0.2, 0.25) is 0 Å². The van der Waals surface area contributed by atoms with Crippen molar-refractivity contribution in [3.8, 4) is 11.8 Å². The van der Waals surface area contributed by atoms with E-state index in [1.165, 1.54) is 12.1 Å². The minimum absolute atomic E-state index is 0.0287. The Morgan fingerprint density at radius 1 is 1.33 bits per heavy atom. The maximum Gasteiger partial charge on any atom is 0.280 e. The molecule has 1 nitrogen and oxygen atoms in total. The zero-order valence-corrected chi connectivity index (χ0v) is 9.15. The largest absolute Gasteiger partial charge is 0.280 e. The van der Waals surface area contributed by atoms with Gasteiger partial charge in [0.25, 0.3) is 6.43 Å². The molecule has 0 fully saturated rings. The van der Waals surface area contributed by atoms with Gasteiger partial charge in [-0.2, -0.15) is 0 Å². The lowest BCUT2D eigenvalue weighted by Crippen LogP contribution is -1.92. The van der Waals surface area contributed by atoms with E-state index in [1.807, 2.05) is 13.8 Å². The molecule has 80 valence electrons. The van der Waals surface area contributed by atoms with Crippen LogP contribution in [-0.4, -0.2) is 4.98 Å². The van der Waals surface area contributed by atoms with Crippen molar-refractivity contribution < 1.29 is 8.78 Å². The first-order valence-electron chi connectivity index (χ1n) is 4.47. The number of nitrogens with zero attached hydrogens (tertiary/aromatic N) is 1. The molecule has 0 spiro atoms. The van der Waals surface area contributed by atoms with E-state index < -0.39 is 6.43 Å². The summed E-state index contributed by atoms with van der Waals surface area (Å²) in [6.07, 6.45) is -2.60. The van der Waals surface area contributed by atoms with Crippen molar-refractivity contribution in [1.29, 1.82) is 0 Å². The van der Waals surface area contributed by atoms with Gasteiger partial charge in [-0.3, -0.25) is 0 Å². The Balaban J connectivity index is 3.00. The van der Waals surface area contributed by atoms with Crippen LogP contribution in [0.1, 0.15) is 31.5 Å². The normalized spacial score (nSPS) is 10.3. The second-order valence-corrected chi connectivity index (χ2v) is 3.66. The van der Waals surface area contributed by atoms with Crippen molar-refractivity contribution >= 4 is 11.6 Å². The van der Waals surface area contributed by atoms with Gasteiger partial charge in [0.05, 0.1) is 5.56 Å². The molecule has 0 aliphatic carbocycles. The molecule has 0 aliphatic rings. The number of halogens is 3. The zero-order chi connectivity index (χ0) is 11.4. The molecule has 0 atom stereocenters. The average molecular weight is 230 g/mol. The van der Waals surface area contributed by atoms with Crippen LogP contribution in [0.4, 0.5) is 8.78 Å². The van der Waals surface area contributed by atoms with Gasteiger partial charge < -0.3 is 0 Å². The van der Waals surface area contributed by atoms with Crippen LogP contribution in [0.5, 0.6) is 0 Å².